The van der Waals surface area contributed by atoms with Crippen molar-refractivity contribution in [3.05, 3.63) is 230 Å². The summed E-state index contributed by atoms with van der Waals surface area (Å²) in [7, 11) is 0. The molecule has 6 aromatic carbocycles. The lowest BCUT2D eigenvalue weighted by molar-refractivity contribution is -0.138. The molecular weight excluding hydrogens is 949 g/mol. The van der Waals surface area contributed by atoms with Gasteiger partial charge in [0.05, 0.1) is 26.4 Å². The highest BCUT2D eigenvalue weighted by Gasteiger charge is 2.36. The van der Waals surface area contributed by atoms with Crippen LogP contribution in [0.25, 0.3) is 0 Å². The fraction of sp³-hybridized carbons (Fsp3) is 0.273. The van der Waals surface area contributed by atoms with E-state index in [1.807, 2.05) is 0 Å². The van der Waals surface area contributed by atoms with Crippen LogP contribution in [0.3, 0.4) is 0 Å². The summed E-state index contributed by atoms with van der Waals surface area (Å²) in [5.41, 5.74) is 13.2. The van der Waals surface area contributed by atoms with Gasteiger partial charge in [-0.05, 0) is 170 Å². The molecular formula is C66H70N2O8. The van der Waals surface area contributed by atoms with Crippen molar-refractivity contribution in [2.45, 2.75) is 88.9 Å². The number of aryl methyl sites for hydroxylation is 4. The normalized spacial score (nSPS) is 12.6. The molecule has 1 aliphatic carbocycles. The van der Waals surface area contributed by atoms with Crippen molar-refractivity contribution in [3.8, 4) is 0 Å². The van der Waals surface area contributed by atoms with Gasteiger partial charge in [-0.2, -0.15) is 0 Å². The van der Waals surface area contributed by atoms with Crippen molar-refractivity contribution < 1.29 is 38.1 Å². The van der Waals surface area contributed by atoms with Crippen LogP contribution in [0.2, 0.25) is 0 Å². The molecule has 0 heterocycles. The van der Waals surface area contributed by atoms with Crippen molar-refractivity contribution in [3.63, 3.8) is 0 Å². The topological polar surface area (TPSA) is 112 Å². The molecule has 0 saturated heterocycles. The minimum Gasteiger partial charge on any atom is -0.463 e. The Bertz CT molecular complexity index is 2530. The minimum absolute atomic E-state index is 0.169. The fourth-order valence-corrected chi connectivity index (χ4v) is 9.93. The second-order valence-corrected chi connectivity index (χ2v) is 19.0. The second-order valence-electron chi connectivity index (χ2n) is 19.0. The number of anilines is 6. The van der Waals surface area contributed by atoms with Gasteiger partial charge in [-0.15, -0.1) is 0 Å². The lowest BCUT2D eigenvalue weighted by Crippen LogP contribution is -2.30. The molecule has 0 bridgehead atoms. The third-order valence-electron chi connectivity index (χ3n) is 13.9. The maximum absolute atomic E-state index is 11.6. The molecule has 0 unspecified atom stereocenters. The van der Waals surface area contributed by atoms with E-state index in [1.54, 1.807) is 0 Å². The van der Waals surface area contributed by atoms with E-state index >= 15 is 0 Å². The standard InChI is InChI=1S/C66H70N2O8/c1-5-62(69)73-46-12-16-50-20-32-56(33-21-50)67(57-34-22-51(23-35-57)17-13-47-74-63(70)6-2)60-40-28-54(29-41-60)66(44-10-9-11-45-66)55-30-42-61(43-31-55)68(58-36-24-52(25-37-58)18-14-48-75-64(71)7-3)59-38-26-53(27-39-59)19-15-49-76-65(72)8-4/h5-8,20-43H,1-4,9-19,44-49H2. The van der Waals surface area contributed by atoms with Crippen LogP contribution in [0, 0.1) is 0 Å². The van der Waals surface area contributed by atoms with E-state index in [9.17, 15) is 19.2 Å². The largest absolute Gasteiger partial charge is 0.463 e. The quantitative estimate of drug-likeness (QED) is 0.0204. The number of carbonyl (C=O) groups excluding carboxylic acids is 4. The second kappa shape index (κ2) is 28.4. The molecule has 0 atom stereocenters. The first kappa shape index (κ1) is 55.5. The van der Waals surface area contributed by atoms with Gasteiger partial charge in [-0.3, -0.25) is 0 Å². The van der Waals surface area contributed by atoms with Crippen molar-refractivity contribution in [2.24, 2.45) is 0 Å². The van der Waals surface area contributed by atoms with E-state index in [1.165, 1.54) is 41.9 Å². The Balaban J connectivity index is 1.15. The minimum atomic E-state index is -0.410. The van der Waals surface area contributed by atoms with Crippen LogP contribution < -0.4 is 9.80 Å². The van der Waals surface area contributed by atoms with E-state index in [2.05, 4.69) is 182 Å². The number of esters is 4. The maximum atomic E-state index is 11.6. The lowest BCUT2D eigenvalue weighted by Gasteiger charge is -2.39. The summed E-state index contributed by atoms with van der Waals surface area (Å²) in [4.78, 5) is 50.9. The average Bonchev–Trinajstić information content (AvgIpc) is 3.49. The Morgan fingerprint density at radius 1 is 0.355 bits per heavy atom. The molecule has 1 saturated carbocycles. The van der Waals surface area contributed by atoms with E-state index < -0.39 is 23.9 Å². The number of ether oxygens (including phenoxy) is 4. The van der Waals surface area contributed by atoms with E-state index in [4.69, 9.17) is 18.9 Å². The molecule has 1 fully saturated rings. The first-order valence-corrected chi connectivity index (χ1v) is 26.5. The number of carbonyl (C=O) groups is 4. The van der Waals surface area contributed by atoms with Crippen LogP contribution in [-0.4, -0.2) is 50.3 Å². The summed E-state index contributed by atoms with van der Waals surface area (Å²) in [5.74, 6) is -1.64. The van der Waals surface area contributed by atoms with Gasteiger partial charge in [0.25, 0.3) is 0 Å². The molecule has 76 heavy (non-hydrogen) atoms. The number of nitrogens with zero attached hydrogens (tertiary/aromatic N) is 2. The Hall–Kier alpha value is -8.24. The molecule has 7 rings (SSSR count). The number of benzene rings is 6. The molecule has 392 valence electrons. The van der Waals surface area contributed by atoms with Crippen LogP contribution in [0.5, 0.6) is 0 Å². The Kier molecular flexibility index (Phi) is 20.8. The monoisotopic (exact) mass is 1020 g/mol. The van der Waals surface area contributed by atoms with Crippen molar-refractivity contribution in [1.82, 2.24) is 0 Å². The molecule has 0 N–H and O–H groups in total. The van der Waals surface area contributed by atoms with Gasteiger partial charge in [-0.1, -0.05) is 118 Å². The third-order valence-corrected chi connectivity index (χ3v) is 13.9. The zero-order valence-electron chi connectivity index (χ0n) is 43.7. The van der Waals surface area contributed by atoms with Gasteiger partial charge in [0.15, 0.2) is 0 Å². The maximum Gasteiger partial charge on any atom is 0.330 e. The Morgan fingerprint density at radius 2 is 0.579 bits per heavy atom. The Labute approximate surface area is 449 Å². The van der Waals surface area contributed by atoms with Crippen molar-refractivity contribution in [1.29, 1.82) is 0 Å². The number of hydrogen-bond acceptors (Lipinski definition) is 10. The van der Waals surface area contributed by atoms with Gasteiger partial charge >= 0.3 is 23.9 Å². The molecule has 0 amide bonds. The van der Waals surface area contributed by atoms with Crippen LogP contribution in [0.1, 0.15) is 91.2 Å². The van der Waals surface area contributed by atoms with Gasteiger partial charge in [-0.25, -0.2) is 19.2 Å². The van der Waals surface area contributed by atoms with Crippen LogP contribution in [0.4, 0.5) is 34.1 Å². The first-order chi connectivity index (χ1) is 37.1. The highest BCUT2D eigenvalue weighted by Crippen LogP contribution is 2.47. The fourth-order valence-electron chi connectivity index (χ4n) is 9.93. The van der Waals surface area contributed by atoms with Gasteiger partial charge in [0.2, 0.25) is 0 Å². The summed E-state index contributed by atoms with van der Waals surface area (Å²) >= 11 is 0. The molecule has 0 radical (unpaired) electrons. The molecule has 0 aromatic heterocycles. The highest BCUT2D eigenvalue weighted by atomic mass is 16.5. The zero-order chi connectivity index (χ0) is 53.5. The summed E-state index contributed by atoms with van der Waals surface area (Å²) in [6.07, 6.45) is 16.3. The summed E-state index contributed by atoms with van der Waals surface area (Å²) in [6, 6.07) is 52.6. The van der Waals surface area contributed by atoms with Gasteiger partial charge in [0, 0.05) is 63.8 Å². The van der Waals surface area contributed by atoms with Crippen molar-refractivity contribution in [2.75, 3.05) is 36.2 Å². The van der Waals surface area contributed by atoms with E-state index in [0.717, 1.165) is 108 Å². The van der Waals surface area contributed by atoms with Crippen LogP contribution in [0.15, 0.2) is 196 Å². The molecule has 10 heteroatoms. The van der Waals surface area contributed by atoms with E-state index in [-0.39, 0.29) is 5.41 Å². The smallest absolute Gasteiger partial charge is 0.330 e. The molecule has 6 aromatic rings. The SMILES string of the molecule is C=CC(=O)OCCCc1ccc(N(c2ccc(CCCOC(=O)C=C)cc2)c2ccc(C3(c4ccc(N(c5ccc(CCCOC(=O)C=C)cc5)c5ccc(CCCOC(=O)C=C)cc5)cc4)CCCCC3)cc2)cc1. The van der Waals surface area contributed by atoms with Crippen LogP contribution in [-0.2, 0) is 69.2 Å². The summed E-state index contributed by atoms with van der Waals surface area (Å²) in [5, 5.41) is 0. The summed E-state index contributed by atoms with van der Waals surface area (Å²) in [6.45, 7) is 15.3. The molecule has 1 aliphatic rings. The van der Waals surface area contributed by atoms with Gasteiger partial charge < -0.3 is 28.7 Å². The zero-order valence-corrected chi connectivity index (χ0v) is 43.7. The third kappa shape index (κ3) is 15.4. The number of rotatable bonds is 28. The Morgan fingerprint density at radius 3 is 0.803 bits per heavy atom. The predicted octanol–water partition coefficient (Wildman–Crippen LogP) is 14.5. The first-order valence-electron chi connectivity index (χ1n) is 26.5. The van der Waals surface area contributed by atoms with Crippen molar-refractivity contribution >= 4 is 58.0 Å². The number of hydrogen-bond donors (Lipinski definition) is 0. The molecule has 0 aliphatic heterocycles. The van der Waals surface area contributed by atoms with Crippen LogP contribution >= 0.6 is 0 Å². The summed E-state index contributed by atoms with van der Waals surface area (Å²) < 4.78 is 20.8. The molecule has 0 spiro atoms. The average molecular weight is 1020 g/mol. The van der Waals surface area contributed by atoms with Gasteiger partial charge in [0.1, 0.15) is 0 Å². The highest BCUT2D eigenvalue weighted by molar-refractivity contribution is 5.83. The molecule has 10 nitrogen and oxygen atoms in total. The lowest BCUT2D eigenvalue weighted by atomic mass is 9.65. The van der Waals surface area contributed by atoms with E-state index in [0.29, 0.717) is 52.1 Å². The predicted molar refractivity (Wildman–Crippen MR) is 304 cm³/mol.